The van der Waals surface area contributed by atoms with Gasteiger partial charge in [-0.15, -0.1) is 0 Å². The average Bonchev–Trinajstić information content (AvgIpc) is 2.26. The molecule has 96 valence electrons. The van der Waals surface area contributed by atoms with Crippen molar-refractivity contribution in [2.24, 2.45) is 0 Å². The molecule has 0 radical (unpaired) electrons. The first kappa shape index (κ1) is 13.8. The van der Waals surface area contributed by atoms with Crippen LogP contribution >= 0.6 is 0 Å². The maximum absolute atomic E-state index is 5.33. The molecular formula is C10H22N2O4. The second-order valence-corrected chi connectivity index (χ2v) is 3.88. The normalized spacial score (nSPS) is 25.1. The molecule has 16 heavy (non-hydrogen) atoms. The highest BCUT2D eigenvalue weighted by Gasteiger charge is 2.02. The maximum Gasteiger partial charge on any atom is 0.150 e. The summed E-state index contributed by atoms with van der Waals surface area (Å²) in [4.78, 5) is 4.05. The van der Waals surface area contributed by atoms with Crippen LogP contribution in [0.2, 0.25) is 0 Å². The van der Waals surface area contributed by atoms with Gasteiger partial charge >= 0.3 is 0 Å². The van der Waals surface area contributed by atoms with Crippen molar-refractivity contribution in [3.8, 4) is 0 Å². The second kappa shape index (κ2) is 8.86. The standard InChI is InChI=1S/C10H22N2O4/c1-11-3-5-13-9-14-6-4-12(2)8-16-10-15-7-11/h3-10H2,1-2H3. The minimum atomic E-state index is 0.316. The molecule has 0 amide bonds. The summed E-state index contributed by atoms with van der Waals surface area (Å²) in [6.07, 6.45) is 0. The van der Waals surface area contributed by atoms with Crippen LogP contribution in [0, 0.1) is 0 Å². The van der Waals surface area contributed by atoms with Crippen LogP contribution in [0.25, 0.3) is 0 Å². The van der Waals surface area contributed by atoms with Crippen molar-refractivity contribution < 1.29 is 18.9 Å². The number of rotatable bonds is 0. The lowest BCUT2D eigenvalue weighted by Crippen LogP contribution is -2.30. The highest BCUT2D eigenvalue weighted by Crippen LogP contribution is 1.91. The Morgan fingerprint density at radius 2 is 1.12 bits per heavy atom. The molecule has 0 saturated carbocycles. The van der Waals surface area contributed by atoms with Gasteiger partial charge in [0, 0.05) is 13.1 Å². The van der Waals surface area contributed by atoms with Gasteiger partial charge in [-0.25, -0.2) is 0 Å². The Morgan fingerprint density at radius 1 is 0.688 bits per heavy atom. The molecule has 0 bridgehead atoms. The van der Waals surface area contributed by atoms with Gasteiger partial charge in [-0.1, -0.05) is 0 Å². The monoisotopic (exact) mass is 234 g/mol. The molecule has 1 aliphatic rings. The van der Waals surface area contributed by atoms with E-state index >= 15 is 0 Å². The third-order valence-electron chi connectivity index (χ3n) is 2.19. The lowest BCUT2D eigenvalue weighted by Gasteiger charge is -2.20. The zero-order chi connectivity index (χ0) is 11.6. The maximum atomic E-state index is 5.33. The van der Waals surface area contributed by atoms with E-state index in [4.69, 9.17) is 18.9 Å². The highest BCUT2D eigenvalue weighted by molar-refractivity contribution is 4.44. The smallest absolute Gasteiger partial charge is 0.150 e. The summed E-state index contributed by atoms with van der Waals surface area (Å²) >= 11 is 0. The molecule has 1 heterocycles. The Balaban J connectivity index is 2.18. The number of nitrogens with zero attached hydrogens (tertiary/aromatic N) is 2. The summed E-state index contributed by atoms with van der Waals surface area (Å²) < 4.78 is 21.3. The minimum absolute atomic E-state index is 0.316. The van der Waals surface area contributed by atoms with Crippen LogP contribution in [-0.2, 0) is 18.9 Å². The first-order valence-corrected chi connectivity index (χ1v) is 5.47. The molecule has 0 aromatic heterocycles. The van der Waals surface area contributed by atoms with Crippen molar-refractivity contribution in [2.75, 3.05) is 67.4 Å². The predicted octanol–water partition coefficient (Wildman–Crippen LogP) is -0.240. The molecule has 0 spiro atoms. The van der Waals surface area contributed by atoms with Crippen molar-refractivity contribution in [1.82, 2.24) is 9.80 Å². The van der Waals surface area contributed by atoms with Crippen molar-refractivity contribution in [1.29, 1.82) is 0 Å². The number of ether oxygens (including phenoxy) is 4. The van der Waals surface area contributed by atoms with Crippen molar-refractivity contribution >= 4 is 0 Å². The molecule has 1 fully saturated rings. The highest BCUT2D eigenvalue weighted by atomic mass is 16.7. The summed E-state index contributed by atoms with van der Waals surface area (Å²) in [6, 6.07) is 0. The van der Waals surface area contributed by atoms with Crippen LogP contribution in [0.1, 0.15) is 0 Å². The molecule has 0 aromatic carbocycles. The van der Waals surface area contributed by atoms with E-state index in [1.54, 1.807) is 0 Å². The van der Waals surface area contributed by atoms with Gasteiger partial charge in [0.1, 0.15) is 27.0 Å². The van der Waals surface area contributed by atoms with Crippen molar-refractivity contribution in [2.45, 2.75) is 0 Å². The largest absolute Gasteiger partial charge is 0.354 e. The number of hydrogen-bond donors (Lipinski definition) is 0. The van der Waals surface area contributed by atoms with Gasteiger partial charge in [0.25, 0.3) is 0 Å². The third kappa shape index (κ3) is 7.10. The van der Waals surface area contributed by atoms with E-state index in [9.17, 15) is 0 Å². The van der Waals surface area contributed by atoms with E-state index in [0.29, 0.717) is 40.3 Å². The fourth-order valence-corrected chi connectivity index (χ4v) is 1.19. The third-order valence-corrected chi connectivity index (χ3v) is 2.19. The van der Waals surface area contributed by atoms with Gasteiger partial charge in [0.05, 0.1) is 13.2 Å². The van der Waals surface area contributed by atoms with Crippen molar-refractivity contribution in [3.63, 3.8) is 0 Å². The Kier molecular flexibility index (Phi) is 7.65. The number of likely N-dealkylation sites (N-methyl/N-ethyl adjacent to an activating group) is 2. The fourth-order valence-electron chi connectivity index (χ4n) is 1.19. The van der Waals surface area contributed by atoms with Gasteiger partial charge < -0.3 is 18.9 Å². The Bertz CT molecular complexity index is 155. The van der Waals surface area contributed by atoms with E-state index in [0.717, 1.165) is 13.1 Å². The molecule has 6 nitrogen and oxygen atoms in total. The van der Waals surface area contributed by atoms with Crippen LogP contribution in [0.3, 0.4) is 0 Å². The first-order chi connectivity index (χ1) is 7.79. The molecule has 6 heteroatoms. The second-order valence-electron chi connectivity index (χ2n) is 3.88. The predicted molar refractivity (Wildman–Crippen MR) is 58.8 cm³/mol. The van der Waals surface area contributed by atoms with Gasteiger partial charge in [-0.2, -0.15) is 0 Å². The zero-order valence-corrected chi connectivity index (χ0v) is 10.2. The quantitative estimate of drug-likeness (QED) is 0.576. The molecule has 1 aliphatic heterocycles. The molecule has 1 saturated heterocycles. The van der Waals surface area contributed by atoms with E-state index in [1.165, 1.54) is 0 Å². The summed E-state index contributed by atoms with van der Waals surface area (Å²) in [5, 5.41) is 0. The fraction of sp³-hybridized carbons (Fsp3) is 1.00. The van der Waals surface area contributed by atoms with Gasteiger partial charge in [0.2, 0.25) is 0 Å². The SMILES string of the molecule is CN1CCOCOCCN(C)COCOC1. The molecule has 0 aliphatic carbocycles. The molecular weight excluding hydrogens is 212 g/mol. The summed E-state index contributed by atoms with van der Waals surface area (Å²) in [6.45, 7) is 4.71. The van der Waals surface area contributed by atoms with E-state index in [1.807, 2.05) is 23.9 Å². The topological polar surface area (TPSA) is 43.4 Å². The lowest BCUT2D eigenvalue weighted by atomic mass is 10.6. The van der Waals surface area contributed by atoms with Crippen molar-refractivity contribution in [3.05, 3.63) is 0 Å². The van der Waals surface area contributed by atoms with E-state index in [2.05, 4.69) is 0 Å². The Morgan fingerprint density at radius 3 is 1.62 bits per heavy atom. The molecule has 1 rings (SSSR count). The van der Waals surface area contributed by atoms with E-state index < -0.39 is 0 Å². The molecule has 0 aromatic rings. The summed E-state index contributed by atoms with van der Waals surface area (Å²) in [5.74, 6) is 0. The number of hydrogen-bond acceptors (Lipinski definition) is 6. The van der Waals surface area contributed by atoms with Crippen LogP contribution in [0.4, 0.5) is 0 Å². The summed E-state index contributed by atoms with van der Waals surface area (Å²) in [5.41, 5.74) is 0. The first-order valence-electron chi connectivity index (χ1n) is 5.47. The lowest BCUT2D eigenvalue weighted by molar-refractivity contribution is -0.125. The van der Waals surface area contributed by atoms with E-state index in [-0.39, 0.29) is 0 Å². The minimum Gasteiger partial charge on any atom is -0.354 e. The van der Waals surface area contributed by atoms with Gasteiger partial charge in [-0.05, 0) is 14.1 Å². The van der Waals surface area contributed by atoms with Crippen LogP contribution in [-0.4, -0.2) is 77.2 Å². The Labute approximate surface area is 97.0 Å². The van der Waals surface area contributed by atoms with Crippen LogP contribution in [0.15, 0.2) is 0 Å². The molecule has 0 unspecified atom stereocenters. The van der Waals surface area contributed by atoms with Crippen LogP contribution < -0.4 is 0 Å². The van der Waals surface area contributed by atoms with Gasteiger partial charge in [0.15, 0.2) is 0 Å². The molecule has 0 N–H and O–H groups in total. The van der Waals surface area contributed by atoms with Crippen LogP contribution in [0.5, 0.6) is 0 Å². The zero-order valence-electron chi connectivity index (χ0n) is 10.2. The Hall–Kier alpha value is -0.240. The van der Waals surface area contributed by atoms with Gasteiger partial charge in [-0.3, -0.25) is 9.80 Å². The summed E-state index contributed by atoms with van der Waals surface area (Å²) in [7, 11) is 3.95. The molecule has 0 atom stereocenters. The average molecular weight is 234 g/mol.